The Balaban J connectivity index is 2.88. The first-order valence-electron chi connectivity index (χ1n) is 4.57. The molecule has 0 spiro atoms. The number of allylic oxidation sites excluding steroid dienone is 1. The lowest BCUT2D eigenvalue weighted by molar-refractivity contribution is -0.348. The molecule has 1 rings (SSSR count). The third-order valence-electron chi connectivity index (χ3n) is 1.98. The monoisotopic (exact) mass is 316 g/mol. The molecule has 1 saturated heterocycles. The first-order chi connectivity index (χ1) is 8.89. The normalized spacial score (nSPS) is 25.1. The maximum Gasteiger partial charge on any atom is 0.511 e. The number of cyclic esters (lactones) is 2. The first kappa shape index (κ1) is 16.5. The molecular formula is C8H4F8O4. The molecule has 0 aromatic heterocycles. The summed E-state index contributed by atoms with van der Waals surface area (Å²) < 4.78 is 109. The van der Waals surface area contributed by atoms with Crippen molar-refractivity contribution in [1.29, 1.82) is 0 Å². The van der Waals surface area contributed by atoms with E-state index < -0.39 is 49.2 Å². The maximum absolute atomic E-state index is 12.7. The van der Waals surface area contributed by atoms with Crippen molar-refractivity contribution in [3.05, 3.63) is 11.7 Å². The Morgan fingerprint density at radius 1 is 1.20 bits per heavy atom. The lowest BCUT2D eigenvalue weighted by atomic mass is 10.3. The van der Waals surface area contributed by atoms with Crippen LogP contribution in [0, 0.1) is 0 Å². The Hall–Kier alpha value is -1.59. The molecule has 12 heteroatoms. The Labute approximate surface area is 104 Å². The van der Waals surface area contributed by atoms with Crippen molar-refractivity contribution in [2.24, 2.45) is 0 Å². The number of rotatable bonds is 3. The van der Waals surface area contributed by atoms with Gasteiger partial charge in [-0.15, -0.1) is 0 Å². The first-order valence-corrected chi connectivity index (χ1v) is 4.57. The van der Waals surface area contributed by atoms with Gasteiger partial charge in [0.2, 0.25) is 5.83 Å². The molecule has 0 aromatic carbocycles. The van der Waals surface area contributed by atoms with Gasteiger partial charge < -0.3 is 14.2 Å². The fourth-order valence-electron chi connectivity index (χ4n) is 1.04. The topological polar surface area (TPSA) is 44.8 Å². The van der Waals surface area contributed by atoms with E-state index in [-0.39, 0.29) is 0 Å². The van der Waals surface area contributed by atoms with Crippen molar-refractivity contribution >= 4 is 6.16 Å². The van der Waals surface area contributed by atoms with E-state index in [9.17, 15) is 39.9 Å². The van der Waals surface area contributed by atoms with Gasteiger partial charge >= 0.3 is 24.3 Å². The van der Waals surface area contributed by atoms with Crippen LogP contribution >= 0.6 is 0 Å². The molecular weight excluding hydrogens is 312 g/mol. The Kier molecular flexibility index (Phi) is 4.17. The second kappa shape index (κ2) is 5.07. The number of alkyl halides is 6. The van der Waals surface area contributed by atoms with E-state index in [0.717, 1.165) is 0 Å². The molecule has 1 fully saturated rings. The summed E-state index contributed by atoms with van der Waals surface area (Å²) in [6.45, 7) is -3.61. The van der Waals surface area contributed by atoms with E-state index in [1.54, 1.807) is 0 Å². The summed E-state index contributed by atoms with van der Waals surface area (Å²) in [4.78, 5) is 10.5. The van der Waals surface area contributed by atoms with Crippen LogP contribution in [0.5, 0.6) is 0 Å². The number of hydrogen-bond donors (Lipinski definition) is 0. The van der Waals surface area contributed by atoms with Gasteiger partial charge in [0.05, 0.1) is 0 Å². The second-order valence-electron chi connectivity index (χ2n) is 3.40. The molecule has 0 aromatic rings. The van der Waals surface area contributed by atoms with Gasteiger partial charge in [-0.05, 0) is 0 Å². The molecule has 0 aliphatic carbocycles. The predicted molar refractivity (Wildman–Crippen MR) is 42.5 cm³/mol. The summed E-state index contributed by atoms with van der Waals surface area (Å²) in [7, 11) is 0. The van der Waals surface area contributed by atoms with Gasteiger partial charge in [0.1, 0.15) is 6.61 Å². The van der Waals surface area contributed by atoms with Crippen LogP contribution in [-0.4, -0.2) is 37.5 Å². The molecule has 1 atom stereocenters. The minimum absolute atomic E-state index is 1.56. The number of ether oxygens (including phenoxy) is 3. The minimum Gasteiger partial charge on any atom is -0.427 e. The zero-order valence-electron chi connectivity index (χ0n) is 9.07. The average Bonchev–Trinajstić information content (AvgIpc) is 2.66. The van der Waals surface area contributed by atoms with Crippen LogP contribution in [0.1, 0.15) is 0 Å². The van der Waals surface area contributed by atoms with Gasteiger partial charge in [0.25, 0.3) is 0 Å². The highest BCUT2D eigenvalue weighted by Crippen LogP contribution is 2.39. The van der Waals surface area contributed by atoms with Crippen molar-refractivity contribution in [3.8, 4) is 0 Å². The van der Waals surface area contributed by atoms with Gasteiger partial charge in [-0.25, -0.2) is 9.18 Å². The summed E-state index contributed by atoms with van der Waals surface area (Å²) in [6, 6.07) is 0. The van der Waals surface area contributed by atoms with Gasteiger partial charge in [-0.1, -0.05) is 0 Å². The largest absolute Gasteiger partial charge is 0.511 e. The van der Waals surface area contributed by atoms with Crippen molar-refractivity contribution in [2.75, 3.05) is 13.2 Å². The van der Waals surface area contributed by atoms with Crippen LogP contribution in [0.2, 0.25) is 0 Å². The molecule has 1 aliphatic rings. The molecule has 0 bridgehead atoms. The molecule has 1 aliphatic heterocycles. The molecule has 4 nitrogen and oxygen atoms in total. The van der Waals surface area contributed by atoms with Crippen LogP contribution in [0.15, 0.2) is 11.7 Å². The van der Waals surface area contributed by atoms with Crippen LogP contribution in [-0.2, 0) is 14.2 Å². The van der Waals surface area contributed by atoms with Gasteiger partial charge in [-0.2, -0.15) is 30.7 Å². The molecule has 1 heterocycles. The van der Waals surface area contributed by atoms with Crippen LogP contribution in [0.25, 0.3) is 0 Å². The van der Waals surface area contributed by atoms with E-state index >= 15 is 0 Å². The SMILES string of the molecule is O=C1OCC(OC/C(F)=C(/F)C(F)(F)F)(C(F)(F)F)O1. The molecule has 1 unspecified atom stereocenters. The number of halogens is 8. The maximum atomic E-state index is 12.7. The highest BCUT2D eigenvalue weighted by molar-refractivity contribution is 5.62. The highest BCUT2D eigenvalue weighted by atomic mass is 19.4. The van der Waals surface area contributed by atoms with E-state index in [4.69, 9.17) is 0 Å². The third kappa shape index (κ3) is 3.29. The molecule has 0 N–H and O–H groups in total. The fraction of sp³-hybridized carbons (Fsp3) is 0.625. The average molecular weight is 316 g/mol. The molecule has 116 valence electrons. The summed E-state index contributed by atoms with van der Waals surface area (Å²) >= 11 is 0. The third-order valence-corrected chi connectivity index (χ3v) is 1.98. The Morgan fingerprint density at radius 2 is 1.75 bits per heavy atom. The smallest absolute Gasteiger partial charge is 0.427 e. The van der Waals surface area contributed by atoms with Crippen molar-refractivity contribution in [3.63, 3.8) is 0 Å². The molecule has 0 saturated carbocycles. The van der Waals surface area contributed by atoms with Crippen LogP contribution in [0.3, 0.4) is 0 Å². The lowest BCUT2D eigenvalue weighted by Gasteiger charge is -2.26. The molecule has 0 radical (unpaired) electrons. The van der Waals surface area contributed by atoms with E-state index in [1.807, 2.05) is 0 Å². The van der Waals surface area contributed by atoms with Gasteiger partial charge in [-0.3, -0.25) is 0 Å². The summed E-state index contributed by atoms with van der Waals surface area (Å²) in [5.41, 5.74) is 0. The lowest BCUT2D eigenvalue weighted by Crippen LogP contribution is -2.50. The van der Waals surface area contributed by atoms with Crippen LogP contribution < -0.4 is 0 Å². The zero-order chi connectivity index (χ0) is 15.8. The number of carbonyl (C=O) groups excluding carboxylic acids is 1. The number of carbonyl (C=O) groups is 1. The van der Waals surface area contributed by atoms with Crippen molar-refractivity contribution < 1.29 is 54.1 Å². The van der Waals surface area contributed by atoms with Crippen molar-refractivity contribution in [1.82, 2.24) is 0 Å². The fourth-order valence-corrected chi connectivity index (χ4v) is 1.04. The van der Waals surface area contributed by atoms with E-state index in [0.29, 0.717) is 0 Å². The second-order valence-corrected chi connectivity index (χ2v) is 3.40. The minimum atomic E-state index is -5.72. The van der Waals surface area contributed by atoms with Gasteiger partial charge in [0.15, 0.2) is 12.4 Å². The quantitative estimate of drug-likeness (QED) is 0.593. The summed E-state index contributed by atoms with van der Waals surface area (Å²) in [6.07, 6.45) is -13.0. The zero-order valence-corrected chi connectivity index (χ0v) is 9.07. The van der Waals surface area contributed by atoms with E-state index in [1.165, 1.54) is 0 Å². The standard InChI is InChI=1S/C8H4F8O4/c9-3(4(10)7(11,12)13)1-19-6(8(14,15)16)2-18-5(17)20-6/h1-2H2/b4-3-. The predicted octanol–water partition coefficient (Wildman–Crippen LogP) is 3.14. The summed E-state index contributed by atoms with van der Waals surface area (Å²) in [5.74, 6) is -9.67. The Morgan fingerprint density at radius 3 is 2.10 bits per heavy atom. The molecule has 20 heavy (non-hydrogen) atoms. The summed E-state index contributed by atoms with van der Waals surface area (Å²) in [5, 5.41) is 0. The molecule has 0 amide bonds. The van der Waals surface area contributed by atoms with Crippen molar-refractivity contribution in [2.45, 2.75) is 18.1 Å². The van der Waals surface area contributed by atoms with Gasteiger partial charge in [0, 0.05) is 0 Å². The van der Waals surface area contributed by atoms with Crippen LogP contribution in [0.4, 0.5) is 39.9 Å². The van der Waals surface area contributed by atoms with E-state index in [2.05, 4.69) is 14.2 Å². The number of hydrogen-bond acceptors (Lipinski definition) is 4. The Bertz CT molecular complexity index is 425. The highest BCUT2D eigenvalue weighted by Gasteiger charge is 2.65.